The SMILES string of the molecule is O=C(CN1CCCCC1)ON1CCCCC1. The maximum absolute atomic E-state index is 11.7. The zero-order valence-electron chi connectivity index (χ0n) is 9.99. The van der Waals surface area contributed by atoms with Gasteiger partial charge >= 0.3 is 5.97 Å². The van der Waals surface area contributed by atoms with Crippen LogP contribution in [-0.4, -0.2) is 48.7 Å². The maximum Gasteiger partial charge on any atom is 0.339 e. The van der Waals surface area contributed by atoms with Crippen LogP contribution < -0.4 is 0 Å². The van der Waals surface area contributed by atoms with Gasteiger partial charge in [0.15, 0.2) is 0 Å². The lowest BCUT2D eigenvalue weighted by Crippen LogP contribution is -2.39. The molecule has 0 aliphatic carbocycles. The molecule has 0 spiro atoms. The number of hydrogen-bond donors (Lipinski definition) is 0. The molecule has 0 aromatic rings. The summed E-state index contributed by atoms with van der Waals surface area (Å²) < 4.78 is 0. The minimum Gasteiger partial charge on any atom is -0.367 e. The molecule has 0 unspecified atom stereocenters. The molecule has 2 heterocycles. The van der Waals surface area contributed by atoms with Gasteiger partial charge in [-0.25, -0.2) is 4.79 Å². The lowest BCUT2D eigenvalue weighted by atomic mass is 10.1. The van der Waals surface area contributed by atoms with Crippen molar-refractivity contribution in [3.05, 3.63) is 0 Å². The van der Waals surface area contributed by atoms with Crippen molar-refractivity contribution < 1.29 is 9.63 Å². The molecule has 0 N–H and O–H groups in total. The van der Waals surface area contributed by atoms with E-state index >= 15 is 0 Å². The number of carbonyl (C=O) groups excluding carboxylic acids is 1. The van der Waals surface area contributed by atoms with Gasteiger partial charge in [0.05, 0.1) is 6.54 Å². The van der Waals surface area contributed by atoms with Gasteiger partial charge in [-0.15, -0.1) is 5.06 Å². The minimum atomic E-state index is -0.0798. The second-order valence-corrected chi connectivity index (χ2v) is 4.79. The number of carbonyl (C=O) groups is 1. The molecule has 4 heteroatoms. The topological polar surface area (TPSA) is 32.8 Å². The van der Waals surface area contributed by atoms with Crippen LogP contribution in [0.4, 0.5) is 0 Å². The monoisotopic (exact) mass is 226 g/mol. The van der Waals surface area contributed by atoms with Crippen LogP contribution >= 0.6 is 0 Å². The average Bonchev–Trinajstić information content (AvgIpc) is 2.31. The molecule has 2 aliphatic heterocycles. The Bertz CT molecular complexity index is 199. The first kappa shape index (κ1) is 11.9. The number of hydroxylamine groups is 2. The first-order chi connectivity index (χ1) is 7.84. The third kappa shape index (κ3) is 3.76. The van der Waals surface area contributed by atoms with E-state index < -0.39 is 0 Å². The van der Waals surface area contributed by atoms with Crippen molar-refractivity contribution in [1.29, 1.82) is 0 Å². The van der Waals surface area contributed by atoms with Crippen molar-refractivity contribution in [2.45, 2.75) is 38.5 Å². The van der Waals surface area contributed by atoms with Crippen LogP contribution in [0, 0.1) is 0 Å². The lowest BCUT2D eigenvalue weighted by Gasteiger charge is -2.28. The van der Waals surface area contributed by atoms with Crippen LogP contribution in [-0.2, 0) is 9.63 Å². The van der Waals surface area contributed by atoms with Gasteiger partial charge in [-0.05, 0) is 38.8 Å². The highest BCUT2D eigenvalue weighted by Crippen LogP contribution is 2.11. The van der Waals surface area contributed by atoms with E-state index in [2.05, 4.69) is 4.90 Å². The van der Waals surface area contributed by atoms with E-state index in [9.17, 15) is 4.79 Å². The molecule has 16 heavy (non-hydrogen) atoms. The zero-order valence-corrected chi connectivity index (χ0v) is 9.99. The van der Waals surface area contributed by atoms with E-state index in [0.29, 0.717) is 6.54 Å². The summed E-state index contributed by atoms with van der Waals surface area (Å²) in [5.74, 6) is -0.0798. The van der Waals surface area contributed by atoms with Gasteiger partial charge in [0.2, 0.25) is 0 Å². The quantitative estimate of drug-likeness (QED) is 0.728. The summed E-state index contributed by atoms with van der Waals surface area (Å²) in [6.07, 6.45) is 7.31. The summed E-state index contributed by atoms with van der Waals surface area (Å²) in [4.78, 5) is 19.2. The Morgan fingerprint density at radius 2 is 1.44 bits per heavy atom. The van der Waals surface area contributed by atoms with Crippen molar-refractivity contribution in [3.8, 4) is 0 Å². The molecule has 0 bridgehead atoms. The van der Waals surface area contributed by atoms with E-state index in [1.54, 1.807) is 0 Å². The molecule has 0 aromatic carbocycles. The fraction of sp³-hybridized carbons (Fsp3) is 0.917. The third-order valence-corrected chi connectivity index (χ3v) is 3.35. The molecule has 2 saturated heterocycles. The van der Waals surface area contributed by atoms with Crippen molar-refractivity contribution in [2.24, 2.45) is 0 Å². The Morgan fingerprint density at radius 3 is 2.06 bits per heavy atom. The average molecular weight is 226 g/mol. The van der Waals surface area contributed by atoms with Gasteiger partial charge in [-0.3, -0.25) is 4.90 Å². The van der Waals surface area contributed by atoms with Crippen LogP contribution in [0.2, 0.25) is 0 Å². The standard InChI is InChI=1S/C12H22N2O2/c15-12(11-13-7-3-1-4-8-13)16-14-9-5-2-6-10-14/h1-11H2. The van der Waals surface area contributed by atoms with Gasteiger partial charge < -0.3 is 4.84 Å². The Labute approximate surface area is 97.5 Å². The molecule has 4 nitrogen and oxygen atoms in total. The van der Waals surface area contributed by atoms with Crippen molar-refractivity contribution in [3.63, 3.8) is 0 Å². The van der Waals surface area contributed by atoms with Crippen molar-refractivity contribution in [1.82, 2.24) is 9.96 Å². The Hall–Kier alpha value is -0.610. The van der Waals surface area contributed by atoms with Gasteiger partial charge in [0.25, 0.3) is 0 Å². The zero-order chi connectivity index (χ0) is 11.2. The second kappa shape index (κ2) is 6.21. The maximum atomic E-state index is 11.7. The van der Waals surface area contributed by atoms with Crippen LogP contribution in [0.1, 0.15) is 38.5 Å². The smallest absolute Gasteiger partial charge is 0.339 e. The number of hydrogen-bond acceptors (Lipinski definition) is 4. The van der Waals surface area contributed by atoms with Gasteiger partial charge in [-0.1, -0.05) is 12.8 Å². The molecule has 2 fully saturated rings. The predicted molar refractivity (Wildman–Crippen MR) is 61.8 cm³/mol. The fourth-order valence-corrected chi connectivity index (χ4v) is 2.43. The molecule has 0 radical (unpaired) electrons. The second-order valence-electron chi connectivity index (χ2n) is 4.79. The van der Waals surface area contributed by atoms with Crippen molar-refractivity contribution >= 4 is 5.97 Å². The summed E-state index contributed by atoms with van der Waals surface area (Å²) in [5.41, 5.74) is 0. The van der Waals surface area contributed by atoms with Crippen molar-refractivity contribution in [2.75, 3.05) is 32.7 Å². The lowest BCUT2D eigenvalue weighted by molar-refractivity contribution is -0.195. The van der Waals surface area contributed by atoms with Gasteiger partial charge in [-0.2, -0.15) is 0 Å². The summed E-state index contributed by atoms with van der Waals surface area (Å²) in [7, 11) is 0. The van der Waals surface area contributed by atoms with Crippen LogP contribution in [0.25, 0.3) is 0 Å². The van der Waals surface area contributed by atoms with E-state index in [-0.39, 0.29) is 5.97 Å². The number of likely N-dealkylation sites (tertiary alicyclic amines) is 1. The molecule has 92 valence electrons. The summed E-state index contributed by atoms with van der Waals surface area (Å²) in [6.45, 7) is 4.39. The minimum absolute atomic E-state index is 0.0798. The Kier molecular flexibility index (Phi) is 4.60. The van der Waals surface area contributed by atoms with E-state index in [0.717, 1.165) is 39.0 Å². The third-order valence-electron chi connectivity index (χ3n) is 3.35. The van der Waals surface area contributed by atoms with Gasteiger partial charge in [0, 0.05) is 13.1 Å². The number of nitrogens with zero attached hydrogens (tertiary/aromatic N) is 2. The summed E-state index contributed by atoms with van der Waals surface area (Å²) >= 11 is 0. The molecule has 0 atom stereocenters. The number of rotatable bonds is 3. The summed E-state index contributed by atoms with van der Waals surface area (Å²) in [6, 6.07) is 0. The normalized spacial score (nSPS) is 24.2. The fourth-order valence-electron chi connectivity index (χ4n) is 2.43. The molecule has 2 aliphatic rings. The highest BCUT2D eigenvalue weighted by Gasteiger charge is 2.18. The van der Waals surface area contributed by atoms with E-state index in [4.69, 9.17) is 4.84 Å². The first-order valence-corrected chi connectivity index (χ1v) is 6.53. The van der Waals surface area contributed by atoms with Crippen LogP contribution in [0.15, 0.2) is 0 Å². The van der Waals surface area contributed by atoms with Gasteiger partial charge in [0.1, 0.15) is 0 Å². The molecular weight excluding hydrogens is 204 g/mol. The molecule has 0 aromatic heterocycles. The Morgan fingerprint density at radius 1 is 0.875 bits per heavy atom. The molecular formula is C12H22N2O2. The predicted octanol–water partition coefficient (Wildman–Crippen LogP) is 1.42. The van der Waals surface area contributed by atoms with Crippen LogP contribution in [0.3, 0.4) is 0 Å². The molecule has 0 saturated carbocycles. The highest BCUT2D eigenvalue weighted by molar-refractivity contribution is 5.71. The Balaban J connectivity index is 1.66. The van der Waals surface area contributed by atoms with E-state index in [1.807, 2.05) is 5.06 Å². The first-order valence-electron chi connectivity index (χ1n) is 6.53. The van der Waals surface area contributed by atoms with E-state index in [1.165, 1.54) is 25.7 Å². The molecule has 2 rings (SSSR count). The summed E-state index contributed by atoms with van der Waals surface area (Å²) in [5, 5.41) is 1.83. The highest BCUT2D eigenvalue weighted by atomic mass is 16.7. The largest absolute Gasteiger partial charge is 0.367 e. The number of piperidine rings is 2. The molecule has 0 amide bonds. The van der Waals surface area contributed by atoms with Crippen LogP contribution in [0.5, 0.6) is 0 Å².